The number of hydrogen-bond acceptors (Lipinski definition) is 3. The van der Waals surface area contributed by atoms with Crippen molar-refractivity contribution in [2.24, 2.45) is 5.92 Å². The first-order valence-corrected chi connectivity index (χ1v) is 8.74. The molecule has 0 atom stereocenters. The first-order valence-electron chi connectivity index (χ1n) is 7.95. The highest BCUT2D eigenvalue weighted by atomic mass is 79.9. The highest BCUT2D eigenvalue weighted by Gasteiger charge is 2.18. The Balaban J connectivity index is 1.86. The SMILES string of the molecule is CNCc1ccc(CN2CCN(CC(C)C)CC2)c(Br)c1. The second kappa shape index (κ2) is 8.28. The van der Waals surface area contributed by atoms with Gasteiger partial charge >= 0.3 is 0 Å². The third-order valence-electron chi connectivity index (χ3n) is 3.98. The van der Waals surface area contributed by atoms with Crippen LogP contribution in [-0.2, 0) is 13.1 Å². The molecule has 0 radical (unpaired) electrons. The van der Waals surface area contributed by atoms with Gasteiger partial charge in [-0.3, -0.25) is 4.90 Å². The van der Waals surface area contributed by atoms with Crippen LogP contribution in [0.3, 0.4) is 0 Å². The molecule has 118 valence electrons. The van der Waals surface area contributed by atoms with E-state index in [4.69, 9.17) is 0 Å². The van der Waals surface area contributed by atoms with Crippen LogP contribution in [0.15, 0.2) is 22.7 Å². The molecule has 0 aromatic heterocycles. The molecule has 0 unspecified atom stereocenters. The fourth-order valence-corrected chi connectivity index (χ4v) is 3.47. The summed E-state index contributed by atoms with van der Waals surface area (Å²) in [4.78, 5) is 5.15. The molecule has 4 heteroatoms. The molecule has 0 aliphatic carbocycles. The molecule has 0 amide bonds. The Morgan fingerprint density at radius 2 is 1.81 bits per heavy atom. The summed E-state index contributed by atoms with van der Waals surface area (Å²) in [6.45, 7) is 12.6. The Morgan fingerprint density at radius 3 is 2.38 bits per heavy atom. The minimum absolute atomic E-state index is 0.769. The number of hydrogen-bond donors (Lipinski definition) is 1. The molecular formula is C17H28BrN3. The summed E-state index contributed by atoms with van der Waals surface area (Å²) >= 11 is 3.72. The van der Waals surface area contributed by atoms with Gasteiger partial charge in [-0.1, -0.05) is 41.9 Å². The van der Waals surface area contributed by atoms with E-state index < -0.39 is 0 Å². The minimum Gasteiger partial charge on any atom is -0.316 e. The molecule has 1 aliphatic heterocycles. The first kappa shape index (κ1) is 16.9. The van der Waals surface area contributed by atoms with E-state index in [1.54, 1.807) is 0 Å². The normalized spacial score (nSPS) is 17.6. The van der Waals surface area contributed by atoms with Gasteiger partial charge in [0.05, 0.1) is 0 Å². The van der Waals surface area contributed by atoms with Gasteiger partial charge in [-0.15, -0.1) is 0 Å². The molecule has 1 heterocycles. The van der Waals surface area contributed by atoms with E-state index >= 15 is 0 Å². The van der Waals surface area contributed by atoms with Gasteiger partial charge in [0.25, 0.3) is 0 Å². The number of rotatable bonds is 6. The van der Waals surface area contributed by atoms with E-state index in [-0.39, 0.29) is 0 Å². The second-order valence-electron chi connectivity index (χ2n) is 6.43. The smallest absolute Gasteiger partial charge is 0.0246 e. The monoisotopic (exact) mass is 353 g/mol. The number of nitrogens with zero attached hydrogens (tertiary/aromatic N) is 2. The van der Waals surface area contributed by atoms with Crippen LogP contribution in [0.1, 0.15) is 25.0 Å². The lowest BCUT2D eigenvalue weighted by atomic mass is 10.1. The average Bonchev–Trinajstić information content (AvgIpc) is 2.44. The van der Waals surface area contributed by atoms with Crippen molar-refractivity contribution in [1.29, 1.82) is 0 Å². The topological polar surface area (TPSA) is 18.5 Å². The third-order valence-corrected chi connectivity index (χ3v) is 4.72. The maximum absolute atomic E-state index is 3.72. The summed E-state index contributed by atoms with van der Waals surface area (Å²) in [5.74, 6) is 0.769. The lowest BCUT2D eigenvalue weighted by Crippen LogP contribution is -2.46. The predicted molar refractivity (Wildman–Crippen MR) is 93.5 cm³/mol. The van der Waals surface area contributed by atoms with E-state index in [9.17, 15) is 0 Å². The maximum Gasteiger partial charge on any atom is 0.0246 e. The fourth-order valence-electron chi connectivity index (χ4n) is 2.92. The van der Waals surface area contributed by atoms with Crippen molar-refractivity contribution < 1.29 is 0 Å². The number of nitrogens with one attached hydrogen (secondary N) is 1. The molecular weight excluding hydrogens is 326 g/mol. The van der Waals surface area contributed by atoms with Crippen LogP contribution in [0, 0.1) is 5.92 Å². The Bertz CT molecular complexity index is 440. The van der Waals surface area contributed by atoms with E-state index in [0.717, 1.165) is 19.0 Å². The van der Waals surface area contributed by atoms with E-state index in [1.165, 1.54) is 48.3 Å². The van der Waals surface area contributed by atoms with Crippen LogP contribution < -0.4 is 5.32 Å². The van der Waals surface area contributed by atoms with Crippen LogP contribution >= 0.6 is 15.9 Å². The maximum atomic E-state index is 3.72. The molecule has 1 aromatic rings. The van der Waals surface area contributed by atoms with Crippen LogP contribution in [0.2, 0.25) is 0 Å². The van der Waals surface area contributed by atoms with Crippen molar-refractivity contribution in [2.45, 2.75) is 26.9 Å². The molecule has 2 rings (SSSR count). The highest BCUT2D eigenvalue weighted by Crippen LogP contribution is 2.21. The summed E-state index contributed by atoms with van der Waals surface area (Å²) in [5.41, 5.74) is 2.72. The summed E-state index contributed by atoms with van der Waals surface area (Å²) in [7, 11) is 1.98. The van der Waals surface area contributed by atoms with Gasteiger partial charge < -0.3 is 10.2 Å². The van der Waals surface area contributed by atoms with Crippen molar-refractivity contribution in [3.05, 3.63) is 33.8 Å². The van der Waals surface area contributed by atoms with Gasteiger partial charge in [-0.25, -0.2) is 0 Å². The molecule has 1 saturated heterocycles. The number of halogens is 1. The highest BCUT2D eigenvalue weighted by molar-refractivity contribution is 9.10. The first-order chi connectivity index (χ1) is 10.1. The summed E-state index contributed by atoms with van der Waals surface area (Å²) in [6.07, 6.45) is 0. The zero-order valence-corrected chi connectivity index (χ0v) is 15.1. The van der Waals surface area contributed by atoms with E-state index in [0.29, 0.717) is 0 Å². The summed E-state index contributed by atoms with van der Waals surface area (Å²) in [6, 6.07) is 6.73. The quantitative estimate of drug-likeness (QED) is 0.848. The molecule has 1 aromatic carbocycles. The fraction of sp³-hybridized carbons (Fsp3) is 0.647. The molecule has 3 nitrogen and oxygen atoms in total. The van der Waals surface area contributed by atoms with Crippen LogP contribution in [0.5, 0.6) is 0 Å². The zero-order chi connectivity index (χ0) is 15.2. The zero-order valence-electron chi connectivity index (χ0n) is 13.5. The van der Waals surface area contributed by atoms with Crippen molar-refractivity contribution in [3.63, 3.8) is 0 Å². The lowest BCUT2D eigenvalue weighted by Gasteiger charge is -2.35. The van der Waals surface area contributed by atoms with E-state index in [1.807, 2.05) is 7.05 Å². The molecule has 21 heavy (non-hydrogen) atoms. The summed E-state index contributed by atoms with van der Waals surface area (Å²) in [5, 5.41) is 3.20. The molecule has 1 N–H and O–H groups in total. The molecule has 0 bridgehead atoms. The second-order valence-corrected chi connectivity index (χ2v) is 7.28. The molecule has 1 aliphatic rings. The van der Waals surface area contributed by atoms with Crippen LogP contribution in [-0.4, -0.2) is 49.6 Å². The standard InChI is InChI=1S/C17H28BrN3/c1-14(2)12-20-6-8-21(9-7-20)13-16-5-4-15(11-19-3)10-17(16)18/h4-5,10,14,19H,6-9,11-13H2,1-3H3. The Morgan fingerprint density at radius 1 is 1.14 bits per heavy atom. The van der Waals surface area contributed by atoms with Gasteiger partial charge in [-0.2, -0.15) is 0 Å². The third kappa shape index (κ3) is 5.37. The van der Waals surface area contributed by atoms with Crippen LogP contribution in [0.4, 0.5) is 0 Å². The van der Waals surface area contributed by atoms with E-state index in [2.05, 4.69) is 63.1 Å². The molecule has 0 saturated carbocycles. The molecule has 0 spiro atoms. The van der Waals surface area contributed by atoms with Gasteiger partial charge in [0.2, 0.25) is 0 Å². The number of piperazine rings is 1. The van der Waals surface area contributed by atoms with Crippen molar-refractivity contribution in [3.8, 4) is 0 Å². The Hall–Kier alpha value is -0.420. The van der Waals surface area contributed by atoms with Crippen molar-refractivity contribution in [1.82, 2.24) is 15.1 Å². The van der Waals surface area contributed by atoms with Crippen LogP contribution in [0.25, 0.3) is 0 Å². The van der Waals surface area contributed by atoms with Crippen molar-refractivity contribution >= 4 is 15.9 Å². The largest absolute Gasteiger partial charge is 0.316 e. The molecule has 1 fully saturated rings. The predicted octanol–water partition coefficient (Wildman–Crippen LogP) is 2.94. The van der Waals surface area contributed by atoms with Gasteiger partial charge in [0.15, 0.2) is 0 Å². The lowest BCUT2D eigenvalue weighted by molar-refractivity contribution is 0.117. The van der Waals surface area contributed by atoms with Crippen molar-refractivity contribution in [2.75, 3.05) is 39.8 Å². The Labute approximate surface area is 137 Å². The minimum atomic E-state index is 0.769. The summed E-state index contributed by atoms with van der Waals surface area (Å²) < 4.78 is 1.24. The Kier molecular flexibility index (Phi) is 6.68. The number of benzene rings is 1. The average molecular weight is 354 g/mol. The van der Waals surface area contributed by atoms with Gasteiger partial charge in [0.1, 0.15) is 0 Å². The van der Waals surface area contributed by atoms with Gasteiger partial charge in [0, 0.05) is 50.3 Å². The van der Waals surface area contributed by atoms with Gasteiger partial charge in [-0.05, 0) is 30.2 Å².